The number of amides is 1. The van der Waals surface area contributed by atoms with E-state index in [1.165, 1.54) is 5.56 Å². The van der Waals surface area contributed by atoms with Gasteiger partial charge in [-0.2, -0.15) is 0 Å². The van der Waals surface area contributed by atoms with Gasteiger partial charge in [-0.05, 0) is 12.5 Å². The first-order valence-corrected chi connectivity index (χ1v) is 6.92. The molecule has 0 bridgehead atoms. The molecule has 1 amide bonds. The lowest BCUT2D eigenvalue weighted by atomic mass is 10.1. The van der Waals surface area contributed by atoms with Gasteiger partial charge in [0.25, 0.3) is 0 Å². The third-order valence-electron chi connectivity index (χ3n) is 3.82. The predicted octanol–water partition coefficient (Wildman–Crippen LogP) is 1.95. The molecule has 0 radical (unpaired) electrons. The molecule has 21 heavy (non-hydrogen) atoms. The van der Waals surface area contributed by atoms with Crippen molar-refractivity contribution >= 4 is 30.7 Å². The Hall–Kier alpha value is -0.810. The van der Waals surface area contributed by atoms with Crippen LogP contribution in [-0.4, -0.2) is 55.5 Å². The molecular weight excluding hydrogens is 309 g/mol. The lowest BCUT2D eigenvalue weighted by Gasteiger charge is -2.31. The van der Waals surface area contributed by atoms with Gasteiger partial charge in [-0.1, -0.05) is 30.3 Å². The first-order chi connectivity index (χ1) is 9.18. The summed E-state index contributed by atoms with van der Waals surface area (Å²) in [5.74, 6) is 0.193. The number of carbonyl (C=O) groups is 1. The van der Waals surface area contributed by atoms with Crippen LogP contribution < -0.4 is 5.32 Å². The van der Waals surface area contributed by atoms with Crippen molar-refractivity contribution in [1.29, 1.82) is 0 Å². The van der Waals surface area contributed by atoms with Crippen LogP contribution in [0.1, 0.15) is 18.5 Å². The van der Waals surface area contributed by atoms with Gasteiger partial charge in [0.15, 0.2) is 0 Å². The van der Waals surface area contributed by atoms with Gasteiger partial charge in [0, 0.05) is 33.2 Å². The second kappa shape index (κ2) is 10.0. The molecule has 1 aliphatic heterocycles. The van der Waals surface area contributed by atoms with Crippen molar-refractivity contribution in [1.82, 2.24) is 15.1 Å². The van der Waals surface area contributed by atoms with Gasteiger partial charge in [-0.25, -0.2) is 0 Å². The smallest absolute Gasteiger partial charge is 0.236 e. The third kappa shape index (κ3) is 5.83. The summed E-state index contributed by atoms with van der Waals surface area (Å²) in [7, 11) is 1.89. The van der Waals surface area contributed by atoms with Crippen LogP contribution in [0, 0.1) is 0 Å². The van der Waals surface area contributed by atoms with Crippen molar-refractivity contribution in [2.75, 3.05) is 39.8 Å². The van der Waals surface area contributed by atoms with Gasteiger partial charge in [0.2, 0.25) is 5.91 Å². The van der Waals surface area contributed by atoms with Crippen LogP contribution in [0.5, 0.6) is 0 Å². The lowest BCUT2D eigenvalue weighted by Crippen LogP contribution is -2.48. The third-order valence-corrected chi connectivity index (χ3v) is 3.82. The number of benzene rings is 1. The Morgan fingerprint density at radius 1 is 1.24 bits per heavy atom. The Morgan fingerprint density at radius 2 is 1.81 bits per heavy atom. The molecule has 2 rings (SSSR count). The maximum Gasteiger partial charge on any atom is 0.236 e. The molecule has 1 heterocycles. The number of nitrogens with one attached hydrogen (secondary N) is 1. The zero-order chi connectivity index (χ0) is 13.7. The molecule has 0 saturated carbocycles. The molecule has 1 unspecified atom stereocenters. The molecule has 120 valence electrons. The highest BCUT2D eigenvalue weighted by Gasteiger charge is 2.20. The average molecular weight is 334 g/mol. The van der Waals surface area contributed by atoms with E-state index in [2.05, 4.69) is 29.3 Å². The predicted molar refractivity (Wildman–Crippen MR) is 91.4 cm³/mol. The summed E-state index contributed by atoms with van der Waals surface area (Å²) >= 11 is 0. The van der Waals surface area contributed by atoms with Crippen LogP contribution in [0.3, 0.4) is 0 Å². The number of hydrogen-bond donors (Lipinski definition) is 1. The van der Waals surface area contributed by atoms with E-state index in [-0.39, 0.29) is 36.8 Å². The van der Waals surface area contributed by atoms with Crippen LogP contribution in [0.4, 0.5) is 0 Å². The number of hydrogen-bond acceptors (Lipinski definition) is 3. The van der Waals surface area contributed by atoms with E-state index >= 15 is 0 Å². The fourth-order valence-electron chi connectivity index (χ4n) is 2.34. The van der Waals surface area contributed by atoms with E-state index in [0.717, 1.165) is 26.2 Å². The molecule has 0 aliphatic carbocycles. The molecule has 6 heteroatoms. The molecule has 1 saturated heterocycles. The molecule has 0 spiro atoms. The highest BCUT2D eigenvalue weighted by molar-refractivity contribution is 5.85. The van der Waals surface area contributed by atoms with Gasteiger partial charge in [0.1, 0.15) is 0 Å². The van der Waals surface area contributed by atoms with Crippen LogP contribution in [0.2, 0.25) is 0 Å². The Balaban J connectivity index is 0.00000200. The fraction of sp³-hybridized carbons (Fsp3) is 0.533. The normalized spacial score (nSPS) is 16.3. The minimum atomic E-state index is 0. The van der Waals surface area contributed by atoms with E-state index < -0.39 is 0 Å². The summed E-state index contributed by atoms with van der Waals surface area (Å²) in [5.41, 5.74) is 1.18. The van der Waals surface area contributed by atoms with E-state index in [9.17, 15) is 4.79 Å². The van der Waals surface area contributed by atoms with Crippen molar-refractivity contribution in [3.8, 4) is 0 Å². The van der Waals surface area contributed by atoms with Crippen LogP contribution in [0.15, 0.2) is 30.3 Å². The van der Waals surface area contributed by atoms with E-state index in [1.807, 2.05) is 30.1 Å². The van der Waals surface area contributed by atoms with Gasteiger partial charge < -0.3 is 10.2 Å². The minimum Gasteiger partial charge on any atom is -0.338 e. The highest BCUT2D eigenvalue weighted by Crippen LogP contribution is 2.18. The monoisotopic (exact) mass is 333 g/mol. The summed E-state index contributed by atoms with van der Waals surface area (Å²) in [6.45, 7) is 6.47. The van der Waals surface area contributed by atoms with Gasteiger partial charge in [0.05, 0.1) is 12.6 Å². The maximum absolute atomic E-state index is 12.3. The Labute approximate surface area is 139 Å². The quantitative estimate of drug-likeness (QED) is 0.914. The molecule has 1 aliphatic rings. The molecule has 1 fully saturated rings. The van der Waals surface area contributed by atoms with Crippen LogP contribution in [-0.2, 0) is 4.79 Å². The Kier molecular flexibility index (Phi) is 9.62. The molecule has 1 N–H and O–H groups in total. The van der Waals surface area contributed by atoms with E-state index in [4.69, 9.17) is 0 Å². The number of carbonyl (C=O) groups excluding carboxylic acids is 1. The lowest BCUT2D eigenvalue weighted by molar-refractivity contribution is -0.133. The maximum atomic E-state index is 12.3. The van der Waals surface area contributed by atoms with E-state index in [0.29, 0.717) is 6.54 Å². The topological polar surface area (TPSA) is 35.6 Å². The number of rotatable bonds is 4. The molecule has 1 aromatic carbocycles. The van der Waals surface area contributed by atoms with Crippen molar-refractivity contribution < 1.29 is 4.79 Å². The number of likely N-dealkylation sites (N-methyl/N-ethyl adjacent to an activating group) is 1. The zero-order valence-electron chi connectivity index (χ0n) is 12.6. The molecular formula is C15H25Cl2N3O. The van der Waals surface area contributed by atoms with Crippen molar-refractivity contribution in [2.24, 2.45) is 0 Å². The minimum absolute atomic E-state index is 0. The second-order valence-corrected chi connectivity index (χ2v) is 5.12. The van der Waals surface area contributed by atoms with Gasteiger partial charge in [-0.3, -0.25) is 9.69 Å². The zero-order valence-corrected chi connectivity index (χ0v) is 14.3. The molecule has 1 aromatic rings. The summed E-state index contributed by atoms with van der Waals surface area (Å²) in [4.78, 5) is 16.3. The number of halogens is 2. The first-order valence-electron chi connectivity index (χ1n) is 6.92. The van der Waals surface area contributed by atoms with Crippen molar-refractivity contribution in [3.05, 3.63) is 35.9 Å². The number of nitrogens with zero attached hydrogens (tertiary/aromatic N) is 2. The number of piperazine rings is 1. The summed E-state index contributed by atoms with van der Waals surface area (Å²) in [6, 6.07) is 10.3. The van der Waals surface area contributed by atoms with Gasteiger partial charge >= 0.3 is 0 Å². The molecule has 0 aromatic heterocycles. The largest absolute Gasteiger partial charge is 0.338 e. The van der Waals surface area contributed by atoms with Crippen LogP contribution >= 0.6 is 24.8 Å². The van der Waals surface area contributed by atoms with Crippen molar-refractivity contribution in [2.45, 2.75) is 13.0 Å². The standard InChI is InChI=1S/C15H23N3O.2ClH/c1-13(14-6-4-3-5-7-14)17(2)15(19)12-18-10-8-16-9-11-18;;/h3-7,13,16H,8-12H2,1-2H3;2*1H. The Morgan fingerprint density at radius 3 is 2.38 bits per heavy atom. The van der Waals surface area contributed by atoms with Crippen LogP contribution in [0.25, 0.3) is 0 Å². The highest BCUT2D eigenvalue weighted by atomic mass is 35.5. The first kappa shape index (κ1) is 20.2. The van der Waals surface area contributed by atoms with E-state index in [1.54, 1.807) is 0 Å². The van der Waals surface area contributed by atoms with Gasteiger partial charge in [-0.15, -0.1) is 24.8 Å². The fourth-order valence-corrected chi connectivity index (χ4v) is 2.34. The molecule has 4 nitrogen and oxygen atoms in total. The molecule has 1 atom stereocenters. The van der Waals surface area contributed by atoms with Crippen molar-refractivity contribution in [3.63, 3.8) is 0 Å². The second-order valence-electron chi connectivity index (χ2n) is 5.12. The average Bonchev–Trinajstić information content (AvgIpc) is 2.47. The summed E-state index contributed by atoms with van der Waals surface area (Å²) < 4.78 is 0. The SMILES string of the molecule is CC(c1ccccc1)N(C)C(=O)CN1CCNCC1.Cl.Cl. The summed E-state index contributed by atoms with van der Waals surface area (Å²) in [5, 5.41) is 3.30. The summed E-state index contributed by atoms with van der Waals surface area (Å²) in [6.07, 6.45) is 0. The Bertz CT molecular complexity index is 411.